The Bertz CT molecular complexity index is 979. The molecule has 0 heterocycles. The van der Waals surface area contributed by atoms with E-state index in [1.807, 2.05) is 0 Å². The number of carboxylic acid groups (broad SMARTS) is 5. The predicted molar refractivity (Wildman–Crippen MR) is 197 cm³/mol. The highest BCUT2D eigenvalue weighted by atomic mass is 16.4. The Labute approximate surface area is 306 Å². The zero-order chi connectivity index (χ0) is 40.0. The van der Waals surface area contributed by atoms with Crippen LogP contribution in [0.15, 0.2) is 0 Å². The van der Waals surface area contributed by atoms with Gasteiger partial charge in [0, 0.05) is 6.42 Å². The van der Waals surface area contributed by atoms with Crippen LogP contribution in [0.1, 0.15) is 183 Å². The Morgan fingerprint density at radius 2 is 0.725 bits per heavy atom. The van der Waals surface area contributed by atoms with Crippen molar-refractivity contribution in [3.63, 3.8) is 0 Å². The summed E-state index contributed by atoms with van der Waals surface area (Å²) >= 11 is 0. The third-order valence-corrected chi connectivity index (χ3v) is 8.85. The molecule has 0 saturated heterocycles. The van der Waals surface area contributed by atoms with Crippen LogP contribution >= 0.6 is 0 Å². The number of carbonyl (C=O) groups excluding carboxylic acids is 2. The Morgan fingerprint density at radius 3 is 0.961 bits per heavy atom. The first-order chi connectivity index (χ1) is 23.6. The van der Waals surface area contributed by atoms with E-state index in [-0.39, 0.29) is 24.4 Å². The molecule has 298 valence electrons. The maximum atomic E-state index is 11.1. The van der Waals surface area contributed by atoms with Gasteiger partial charge in [-0.15, -0.1) is 0 Å². The third kappa shape index (κ3) is 31.2. The van der Waals surface area contributed by atoms with E-state index >= 15 is 0 Å². The summed E-state index contributed by atoms with van der Waals surface area (Å²) in [4.78, 5) is 75.5. The number of ketones is 2. The summed E-state index contributed by atoms with van der Waals surface area (Å²) in [5.74, 6) is -6.77. The zero-order valence-corrected chi connectivity index (χ0v) is 32.6. The molecule has 2 unspecified atom stereocenters. The summed E-state index contributed by atoms with van der Waals surface area (Å²) < 4.78 is 0. The SMILES string of the molecule is CC(=O)C(CCCCCCCCCCC(=O)O)C(=O)O.CC(C)(CC(C)(C)C(=O)O)C(=O)O.CCCCCCCCCCCC(C(C)=O)C(=O)O. The van der Waals surface area contributed by atoms with E-state index in [0.29, 0.717) is 12.8 Å². The molecule has 0 aliphatic rings. The van der Waals surface area contributed by atoms with Crippen molar-refractivity contribution in [1.82, 2.24) is 0 Å². The molecule has 12 nitrogen and oxygen atoms in total. The first kappa shape index (κ1) is 52.1. The first-order valence-electron chi connectivity index (χ1n) is 18.8. The fraction of sp³-hybridized carbons (Fsp3) is 0.821. The molecule has 12 heteroatoms. The quantitative estimate of drug-likeness (QED) is 0.0359. The van der Waals surface area contributed by atoms with E-state index in [9.17, 15) is 33.6 Å². The zero-order valence-electron chi connectivity index (χ0n) is 32.6. The number of rotatable bonds is 29. The van der Waals surface area contributed by atoms with Crippen molar-refractivity contribution in [3.8, 4) is 0 Å². The molecular weight excluding hydrogens is 660 g/mol. The van der Waals surface area contributed by atoms with Crippen LogP contribution in [0.25, 0.3) is 0 Å². The Kier molecular flexibility index (Phi) is 31.0. The van der Waals surface area contributed by atoms with Gasteiger partial charge >= 0.3 is 29.8 Å². The molecule has 0 saturated carbocycles. The van der Waals surface area contributed by atoms with Gasteiger partial charge in [-0.3, -0.25) is 33.6 Å². The summed E-state index contributed by atoms with van der Waals surface area (Å²) in [6.07, 6.45) is 19.9. The second-order valence-corrected chi connectivity index (χ2v) is 14.9. The Hall–Kier alpha value is -3.31. The molecule has 2 atom stereocenters. The van der Waals surface area contributed by atoms with Crippen molar-refractivity contribution in [2.45, 2.75) is 183 Å². The summed E-state index contributed by atoms with van der Waals surface area (Å²) in [6, 6.07) is 0. The van der Waals surface area contributed by atoms with E-state index in [4.69, 9.17) is 25.5 Å². The fourth-order valence-corrected chi connectivity index (χ4v) is 5.60. The van der Waals surface area contributed by atoms with Gasteiger partial charge in [0.05, 0.1) is 10.8 Å². The second kappa shape index (κ2) is 30.3. The molecule has 0 spiro atoms. The van der Waals surface area contributed by atoms with Crippen molar-refractivity contribution in [2.75, 3.05) is 0 Å². The number of unbranched alkanes of at least 4 members (excludes halogenated alkanes) is 15. The summed E-state index contributed by atoms with van der Waals surface area (Å²) in [6.45, 7) is 11.0. The summed E-state index contributed by atoms with van der Waals surface area (Å²) in [7, 11) is 0. The van der Waals surface area contributed by atoms with Gasteiger partial charge in [-0.25, -0.2) is 0 Å². The number of carbonyl (C=O) groups is 7. The first-order valence-corrected chi connectivity index (χ1v) is 18.8. The number of Topliss-reactive ketones (excluding diaryl/α,β-unsaturated/α-hetero) is 2. The number of carboxylic acids is 5. The molecule has 0 bridgehead atoms. The van der Waals surface area contributed by atoms with Crippen LogP contribution in [0, 0.1) is 22.7 Å². The van der Waals surface area contributed by atoms with Crippen LogP contribution in [0.4, 0.5) is 0 Å². The van der Waals surface area contributed by atoms with Crippen molar-refractivity contribution < 1.29 is 59.1 Å². The van der Waals surface area contributed by atoms with Gasteiger partial charge in [-0.05, 0) is 67.2 Å². The largest absolute Gasteiger partial charge is 0.481 e. The Morgan fingerprint density at radius 1 is 0.451 bits per heavy atom. The lowest BCUT2D eigenvalue weighted by molar-refractivity contribution is -0.155. The predicted octanol–water partition coefficient (Wildman–Crippen LogP) is 9.06. The molecule has 5 N–H and O–H groups in total. The van der Waals surface area contributed by atoms with Crippen LogP contribution in [0.5, 0.6) is 0 Å². The number of aliphatic carboxylic acids is 5. The highest BCUT2D eigenvalue weighted by molar-refractivity contribution is 5.97. The highest BCUT2D eigenvalue weighted by Crippen LogP contribution is 2.33. The molecular formula is C39H70O12. The normalized spacial score (nSPS) is 12.3. The average Bonchev–Trinajstić information content (AvgIpc) is 3.00. The van der Waals surface area contributed by atoms with Gasteiger partial charge in [0.1, 0.15) is 23.4 Å². The van der Waals surface area contributed by atoms with Gasteiger partial charge in [-0.1, -0.05) is 110 Å². The van der Waals surface area contributed by atoms with Crippen molar-refractivity contribution in [1.29, 1.82) is 0 Å². The van der Waals surface area contributed by atoms with Crippen LogP contribution in [0.3, 0.4) is 0 Å². The number of hydrogen-bond acceptors (Lipinski definition) is 7. The van der Waals surface area contributed by atoms with Crippen molar-refractivity contribution >= 4 is 41.4 Å². The lowest BCUT2D eigenvalue weighted by Crippen LogP contribution is -2.34. The topological polar surface area (TPSA) is 221 Å². The minimum absolute atomic E-state index is 0.116. The van der Waals surface area contributed by atoms with Gasteiger partial charge in [0.2, 0.25) is 0 Å². The smallest absolute Gasteiger partial charge is 0.314 e. The minimum atomic E-state index is -1.02. The molecule has 0 rings (SSSR count). The van der Waals surface area contributed by atoms with E-state index in [1.165, 1.54) is 80.1 Å². The van der Waals surface area contributed by atoms with E-state index in [0.717, 1.165) is 70.6 Å². The van der Waals surface area contributed by atoms with E-state index < -0.39 is 52.5 Å². The van der Waals surface area contributed by atoms with Gasteiger partial charge in [-0.2, -0.15) is 0 Å². The maximum absolute atomic E-state index is 11.1. The molecule has 0 amide bonds. The number of hydrogen-bond donors (Lipinski definition) is 5. The van der Waals surface area contributed by atoms with Crippen LogP contribution in [-0.4, -0.2) is 66.9 Å². The highest BCUT2D eigenvalue weighted by Gasteiger charge is 2.38. The standard InChI is InChI=1S/C15H26O5.C15H28O3.C9H16O4/c1-12(16)13(15(19)20)10-8-6-4-2-3-5-7-9-11-14(17)18;1-3-4-5-6-7-8-9-10-11-12-14(13(2)16)15(17)18;1-8(2,6(10)11)5-9(3,4)7(12)13/h13H,2-11H2,1H3,(H,17,18)(H,19,20);14H,3-12H2,1-2H3,(H,17,18);5H2,1-4H3,(H,10,11)(H,12,13). The van der Waals surface area contributed by atoms with E-state index in [2.05, 4.69) is 6.92 Å². The van der Waals surface area contributed by atoms with Gasteiger partial charge < -0.3 is 25.5 Å². The molecule has 51 heavy (non-hydrogen) atoms. The summed E-state index contributed by atoms with van der Waals surface area (Å²) in [5, 5.41) is 43.7. The van der Waals surface area contributed by atoms with Crippen LogP contribution < -0.4 is 0 Å². The molecule has 0 aromatic heterocycles. The monoisotopic (exact) mass is 730 g/mol. The summed E-state index contributed by atoms with van der Waals surface area (Å²) in [5.41, 5.74) is -2.00. The fourth-order valence-electron chi connectivity index (χ4n) is 5.60. The Balaban J connectivity index is -0.000000693. The lowest BCUT2D eigenvalue weighted by atomic mass is 9.75. The minimum Gasteiger partial charge on any atom is -0.481 e. The van der Waals surface area contributed by atoms with Gasteiger partial charge in [0.15, 0.2) is 0 Å². The lowest BCUT2D eigenvalue weighted by Gasteiger charge is -2.28. The van der Waals surface area contributed by atoms with Crippen molar-refractivity contribution in [2.24, 2.45) is 22.7 Å². The maximum Gasteiger partial charge on any atom is 0.314 e. The molecule has 0 fully saturated rings. The molecule has 0 aromatic carbocycles. The third-order valence-electron chi connectivity index (χ3n) is 8.85. The molecule has 0 radical (unpaired) electrons. The molecule has 0 aromatic rings. The van der Waals surface area contributed by atoms with Gasteiger partial charge in [0.25, 0.3) is 0 Å². The molecule has 0 aliphatic heterocycles. The van der Waals surface area contributed by atoms with Crippen LogP contribution in [-0.2, 0) is 33.6 Å². The second-order valence-electron chi connectivity index (χ2n) is 14.9. The van der Waals surface area contributed by atoms with E-state index in [1.54, 1.807) is 0 Å². The van der Waals surface area contributed by atoms with Crippen molar-refractivity contribution in [3.05, 3.63) is 0 Å². The van der Waals surface area contributed by atoms with Crippen LogP contribution in [0.2, 0.25) is 0 Å². The molecule has 0 aliphatic carbocycles. The average molecular weight is 731 g/mol.